The molecule has 5 heteroatoms. The number of ether oxygens (including phenoxy) is 1. The first-order valence-electron chi connectivity index (χ1n) is 3.73. The van der Waals surface area contributed by atoms with E-state index in [1.54, 1.807) is 6.07 Å². The van der Waals surface area contributed by atoms with Crippen molar-refractivity contribution in [2.45, 2.75) is 4.90 Å². The van der Waals surface area contributed by atoms with E-state index < -0.39 is 10.0 Å². The Bertz CT molecular complexity index is 459. The van der Waals surface area contributed by atoms with E-state index in [1.165, 1.54) is 18.2 Å². The molecular weight excluding hydrogens is 202 g/mol. The molecule has 1 aromatic rings. The Labute approximate surface area is 82.7 Å². The van der Waals surface area contributed by atoms with Crippen molar-refractivity contribution in [3.63, 3.8) is 0 Å². The van der Waals surface area contributed by atoms with Crippen molar-refractivity contribution in [1.82, 2.24) is 0 Å². The first-order chi connectivity index (χ1) is 6.54. The molecule has 1 aromatic carbocycles. The van der Waals surface area contributed by atoms with Crippen LogP contribution >= 0.6 is 0 Å². The number of hydrogen-bond acceptors (Lipinski definition) is 3. The molecule has 14 heavy (non-hydrogen) atoms. The van der Waals surface area contributed by atoms with Crippen LogP contribution in [0.2, 0.25) is 0 Å². The predicted molar refractivity (Wildman–Crippen MR) is 52.1 cm³/mol. The highest BCUT2D eigenvalue weighted by molar-refractivity contribution is 7.89. The number of hydrogen-bond donors (Lipinski definition) is 1. The van der Waals surface area contributed by atoms with Crippen LogP contribution in [0.25, 0.3) is 0 Å². The summed E-state index contributed by atoms with van der Waals surface area (Å²) in [6, 6.07) is 5.85. The Kier molecular flexibility index (Phi) is 3.12. The van der Waals surface area contributed by atoms with Crippen LogP contribution in [0, 0.1) is 12.3 Å². The van der Waals surface area contributed by atoms with Gasteiger partial charge in [0.05, 0.1) is 4.90 Å². The van der Waals surface area contributed by atoms with Crippen molar-refractivity contribution < 1.29 is 13.2 Å². The topological polar surface area (TPSA) is 69.4 Å². The Morgan fingerprint density at radius 3 is 2.79 bits per heavy atom. The average Bonchev–Trinajstić information content (AvgIpc) is 2.14. The summed E-state index contributed by atoms with van der Waals surface area (Å²) < 4.78 is 26.9. The van der Waals surface area contributed by atoms with Gasteiger partial charge in [-0.15, -0.1) is 6.42 Å². The third-order valence-electron chi connectivity index (χ3n) is 1.46. The molecule has 0 amide bonds. The predicted octanol–water partition coefficient (Wildman–Crippen LogP) is 0.346. The van der Waals surface area contributed by atoms with E-state index in [4.69, 9.17) is 16.3 Å². The van der Waals surface area contributed by atoms with Gasteiger partial charge in [-0.2, -0.15) is 0 Å². The lowest BCUT2D eigenvalue weighted by Gasteiger charge is -2.03. The Hall–Kier alpha value is -1.51. The second-order valence-corrected chi connectivity index (χ2v) is 4.07. The largest absolute Gasteiger partial charge is 0.481 e. The lowest BCUT2D eigenvalue weighted by atomic mass is 10.3. The molecule has 2 N–H and O–H groups in total. The van der Waals surface area contributed by atoms with E-state index in [0.717, 1.165) is 0 Å². The zero-order valence-corrected chi connectivity index (χ0v) is 8.12. The highest BCUT2D eigenvalue weighted by Crippen LogP contribution is 2.15. The summed E-state index contributed by atoms with van der Waals surface area (Å²) in [5, 5.41) is 4.93. The second kappa shape index (κ2) is 4.13. The standard InChI is InChI=1S/C9H9NO3S/c1-2-6-13-8-4-3-5-9(7-8)14(10,11)12/h1,3-5,7H,6H2,(H2,10,11,12). The van der Waals surface area contributed by atoms with Gasteiger partial charge in [0.15, 0.2) is 0 Å². The molecule has 0 fully saturated rings. The molecule has 0 aliphatic heterocycles. The van der Waals surface area contributed by atoms with Crippen molar-refractivity contribution in [2.24, 2.45) is 5.14 Å². The molecule has 0 unspecified atom stereocenters. The minimum Gasteiger partial charge on any atom is -0.481 e. The van der Waals surface area contributed by atoms with Gasteiger partial charge >= 0.3 is 0 Å². The fraction of sp³-hybridized carbons (Fsp3) is 0.111. The minimum absolute atomic E-state index is 0.00650. The average molecular weight is 211 g/mol. The van der Waals surface area contributed by atoms with Crippen LogP contribution in [0.4, 0.5) is 0 Å². The molecule has 4 nitrogen and oxygen atoms in total. The van der Waals surface area contributed by atoms with E-state index in [9.17, 15) is 8.42 Å². The van der Waals surface area contributed by atoms with E-state index in [1.807, 2.05) is 0 Å². The zero-order chi connectivity index (χ0) is 10.6. The summed E-state index contributed by atoms with van der Waals surface area (Å²) in [5.41, 5.74) is 0. The van der Waals surface area contributed by atoms with E-state index in [0.29, 0.717) is 5.75 Å². The fourth-order valence-corrected chi connectivity index (χ4v) is 1.41. The highest BCUT2D eigenvalue weighted by Gasteiger charge is 2.07. The van der Waals surface area contributed by atoms with Gasteiger partial charge in [-0.3, -0.25) is 0 Å². The summed E-state index contributed by atoms with van der Waals surface area (Å²) in [5.74, 6) is 2.66. The van der Waals surface area contributed by atoms with E-state index in [-0.39, 0.29) is 11.5 Å². The van der Waals surface area contributed by atoms with Crippen LogP contribution in [-0.2, 0) is 10.0 Å². The monoisotopic (exact) mass is 211 g/mol. The van der Waals surface area contributed by atoms with Crippen LogP contribution in [-0.4, -0.2) is 15.0 Å². The Morgan fingerprint density at radius 1 is 1.50 bits per heavy atom. The van der Waals surface area contributed by atoms with Gasteiger partial charge in [-0.05, 0) is 12.1 Å². The Morgan fingerprint density at radius 2 is 2.21 bits per heavy atom. The maximum absolute atomic E-state index is 10.9. The number of terminal acetylenes is 1. The summed E-state index contributed by atoms with van der Waals surface area (Å²) >= 11 is 0. The molecule has 74 valence electrons. The molecule has 0 saturated carbocycles. The second-order valence-electron chi connectivity index (χ2n) is 2.51. The summed E-state index contributed by atoms with van der Waals surface area (Å²) in [6.45, 7) is 0.0913. The number of sulfonamides is 1. The molecule has 0 aliphatic carbocycles. The number of rotatable bonds is 3. The van der Waals surface area contributed by atoms with Crippen LogP contribution in [0.1, 0.15) is 0 Å². The quantitative estimate of drug-likeness (QED) is 0.733. The lowest BCUT2D eigenvalue weighted by Crippen LogP contribution is -2.12. The van der Waals surface area contributed by atoms with Crippen LogP contribution in [0.15, 0.2) is 29.2 Å². The molecule has 0 radical (unpaired) electrons. The molecule has 0 spiro atoms. The summed E-state index contributed by atoms with van der Waals surface area (Å²) in [7, 11) is -3.68. The molecular formula is C9H9NO3S. The smallest absolute Gasteiger partial charge is 0.238 e. The number of primary sulfonamides is 1. The molecule has 0 heterocycles. The van der Waals surface area contributed by atoms with Gasteiger partial charge in [0, 0.05) is 6.07 Å². The first kappa shape index (κ1) is 10.6. The molecule has 0 aromatic heterocycles. The van der Waals surface area contributed by atoms with Crippen molar-refractivity contribution in [3.8, 4) is 18.1 Å². The third kappa shape index (κ3) is 2.76. The van der Waals surface area contributed by atoms with Crippen molar-refractivity contribution in [3.05, 3.63) is 24.3 Å². The minimum atomic E-state index is -3.68. The number of nitrogens with two attached hydrogens (primary N) is 1. The van der Waals surface area contributed by atoms with Crippen LogP contribution < -0.4 is 9.88 Å². The summed E-state index contributed by atoms with van der Waals surface area (Å²) in [4.78, 5) is 0.00650. The van der Waals surface area contributed by atoms with Gasteiger partial charge in [0.2, 0.25) is 10.0 Å². The zero-order valence-electron chi connectivity index (χ0n) is 7.30. The van der Waals surface area contributed by atoms with Crippen LogP contribution in [0.3, 0.4) is 0 Å². The van der Waals surface area contributed by atoms with E-state index in [2.05, 4.69) is 5.92 Å². The molecule has 0 bridgehead atoms. The maximum atomic E-state index is 10.9. The van der Waals surface area contributed by atoms with Gasteiger partial charge in [0.1, 0.15) is 12.4 Å². The van der Waals surface area contributed by atoms with Gasteiger partial charge in [-0.1, -0.05) is 12.0 Å². The Balaban J connectivity index is 2.97. The fourth-order valence-electron chi connectivity index (χ4n) is 0.866. The summed E-state index contributed by atoms with van der Waals surface area (Å²) in [6.07, 6.45) is 4.98. The number of benzene rings is 1. The molecule has 1 rings (SSSR count). The maximum Gasteiger partial charge on any atom is 0.238 e. The molecule has 0 aliphatic rings. The van der Waals surface area contributed by atoms with Gasteiger partial charge < -0.3 is 4.74 Å². The lowest BCUT2D eigenvalue weighted by molar-refractivity contribution is 0.369. The molecule has 0 saturated heterocycles. The first-order valence-corrected chi connectivity index (χ1v) is 5.28. The van der Waals surface area contributed by atoms with Crippen molar-refractivity contribution in [2.75, 3.05) is 6.61 Å². The van der Waals surface area contributed by atoms with Crippen molar-refractivity contribution in [1.29, 1.82) is 0 Å². The molecule has 0 atom stereocenters. The van der Waals surface area contributed by atoms with Crippen LogP contribution in [0.5, 0.6) is 5.75 Å². The normalized spacial score (nSPS) is 10.6. The third-order valence-corrected chi connectivity index (χ3v) is 2.37. The van der Waals surface area contributed by atoms with Gasteiger partial charge in [-0.25, -0.2) is 13.6 Å². The van der Waals surface area contributed by atoms with E-state index >= 15 is 0 Å². The van der Waals surface area contributed by atoms with Gasteiger partial charge in [0.25, 0.3) is 0 Å². The SMILES string of the molecule is C#CCOc1cccc(S(N)(=O)=O)c1. The van der Waals surface area contributed by atoms with Crippen molar-refractivity contribution >= 4 is 10.0 Å². The highest BCUT2D eigenvalue weighted by atomic mass is 32.2.